The van der Waals surface area contributed by atoms with Gasteiger partial charge in [0.25, 0.3) is 23.6 Å². The highest BCUT2D eigenvalue weighted by molar-refractivity contribution is 6.25. The van der Waals surface area contributed by atoms with Crippen LogP contribution >= 0.6 is 0 Å². The highest BCUT2D eigenvalue weighted by Gasteiger charge is 2.49. The first kappa shape index (κ1) is 44.2. The molecule has 19 nitrogen and oxygen atoms in total. The second kappa shape index (κ2) is 17.7. The lowest BCUT2D eigenvalue weighted by atomic mass is 10.0. The van der Waals surface area contributed by atoms with E-state index in [1.54, 1.807) is 52.3 Å². The summed E-state index contributed by atoms with van der Waals surface area (Å²) in [7, 11) is 1.29. The van der Waals surface area contributed by atoms with Crippen LogP contribution in [-0.4, -0.2) is 149 Å². The van der Waals surface area contributed by atoms with Crippen molar-refractivity contribution >= 4 is 76.1 Å². The smallest absolute Gasteiger partial charge is 0.342 e. The molecule has 66 heavy (non-hydrogen) atoms. The number of nitrogens with zero attached hydrogens (tertiary/aromatic N) is 8. The molecule has 346 valence electrons. The van der Waals surface area contributed by atoms with Gasteiger partial charge in [0.05, 0.1) is 29.6 Å². The van der Waals surface area contributed by atoms with Crippen molar-refractivity contribution < 1.29 is 47.1 Å². The van der Waals surface area contributed by atoms with Crippen molar-refractivity contribution in [3.63, 3.8) is 0 Å². The van der Waals surface area contributed by atoms with Crippen LogP contribution in [0.3, 0.4) is 0 Å². The van der Waals surface area contributed by atoms with Gasteiger partial charge in [0, 0.05) is 88.9 Å². The Hall–Kier alpha value is -7.06. The van der Waals surface area contributed by atoms with Gasteiger partial charge >= 0.3 is 5.92 Å². The van der Waals surface area contributed by atoms with E-state index in [0.717, 1.165) is 35.5 Å². The zero-order valence-electron chi connectivity index (χ0n) is 36.3. The number of aromatic nitrogens is 2. The lowest BCUT2D eigenvalue weighted by molar-refractivity contribution is -0.140. The van der Waals surface area contributed by atoms with Crippen molar-refractivity contribution in [1.82, 2.24) is 35.3 Å². The number of anilines is 5. The number of halogens is 2. The first-order valence-electron chi connectivity index (χ1n) is 22.3. The van der Waals surface area contributed by atoms with Crippen LogP contribution in [0.1, 0.15) is 88.9 Å². The number of piperazine rings is 1. The van der Waals surface area contributed by atoms with E-state index in [4.69, 9.17) is 0 Å². The van der Waals surface area contributed by atoms with Crippen LogP contribution in [0, 0.1) is 0 Å². The second-order valence-electron chi connectivity index (χ2n) is 17.6. The minimum Gasteiger partial charge on any atom is -0.367 e. The molecule has 1 saturated carbocycles. The first-order valence-corrected chi connectivity index (χ1v) is 22.3. The fraction of sp³-hybridized carbons (Fsp3) is 0.467. The summed E-state index contributed by atoms with van der Waals surface area (Å²) in [5, 5.41) is 8.26. The molecule has 3 N–H and O–H groups in total. The van der Waals surface area contributed by atoms with Crippen LogP contribution in [0.2, 0.25) is 0 Å². The van der Waals surface area contributed by atoms with Gasteiger partial charge in [0.1, 0.15) is 11.7 Å². The molecule has 8 amide bonds. The molecular weight excluding hydrogens is 861 g/mol. The number of nitrogens with one attached hydrogen (secondary N) is 3. The molecule has 3 saturated heterocycles. The topological polar surface area (TPSA) is 218 Å². The lowest BCUT2D eigenvalue weighted by Gasteiger charge is -2.37. The maximum absolute atomic E-state index is 15.0. The van der Waals surface area contributed by atoms with Crippen molar-refractivity contribution in [2.75, 3.05) is 72.9 Å². The number of piperidine rings is 1. The third-order valence-electron chi connectivity index (χ3n) is 13.4. The summed E-state index contributed by atoms with van der Waals surface area (Å²) in [5.74, 6) is -7.54. The van der Waals surface area contributed by atoms with Gasteiger partial charge in [-0.25, -0.2) is 4.98 Å². The molecule has 21 heteroatoms. The zero-order chi connectivity index (χ0) is 46.4. The molecule has 3 aromatic rings. The Labute approximate surface area is 377 Å². The average molecular weight is 910 g/mol. The summed E-state index contributed by atoms with van der Waals surface area (Å²) in [5.41, 5.74) is 2.02. The molecule has 6 heterocycles. The lowest BCUT2D eigenvalue weighted by Crippen LogP contribution is -2.54. The number of benzene rings is 2. The molecular formula is C45H49F2N11O8. The van der Waals surface area contributed by atoms with Crippen LogP contribution in [0.15, 0.2) is 48.7 Å². The zero-order valence-corrected chi connectivity index (χ0v) is 36.3. The van der Waals surface area contributed by atoms with Crippen LogP contribution in [-0.2, 0) is 24.0 Å². The number of carbonyl (C=O) groups is 8. The van der Waals surface area contributed by atoms with Crippen molar-refractivity contribution in [3.05, 3.63) is 65.4 Å². The maximum Gasteiger partial charge on any atom is 0.342 e. The second-order valence-corrected chi connectivity index (χ2v) is 17.6. The summed E-state index contributed by atoms with van der Waals surface area (Å²) in [6.07, 6.45) is 5.22. The Kier molecular flexibility index (Phi) is 11.9. The number of imide groups is 2. The fourth-order valence-corrected chi connectivity index (χ4v) is 9.80. The third-order valence-corrected chi connectivity index (χ3v) is 13.4. The van der Waals surface area contributed by atoms with Crippen LogP contribution in [0.25, 0.3) is 0 Å². The van der Waals surface area contributed by atoms with Gasteiger partial charge in [0.2, 0.25) is 29.6 Å². The number of amides is 8. The largest absolute Gasteiger partial charge is 0.367 e. The van der Waals surface area contributed by atoms with Crippen LogP contribution < -0.4 is 30.7 Å². The number of hydrogen-bond acceptors (Lipinski definition) is 13. The predicted molar refractivity (Wildman–Crippen MR) is 233 cm³/mol. The van der Waals surface area contributed by atoms with Gasteiger partial charge in [-0.1, -0.05) is 18.9 Å². The van der Waals surface area contributed by atoms with E-state index in [1.165, 1.54) is 18.1 Å². The molecule has 0 spiro atoms. The number of likely N-dealkylation sites (tertiary alicyclic amines) is 1. The minimum absolute atomic E-state index is 0.00100. The Balaban J connectivity index is 0.734. The Bertz CT molecular complexity index is 2510. The van der Waals surface area contributed by atoms with E-state index in [-0.39, 0.29) is 84.1 Å². The maximum atomic E-state index is 15.0. The quantitative estimate of drug-likeness (QED) is 0.250. The van der Waals surface area contributed by atoms with Gasteiger partial charge in [-0.2, -0.15) is 13.8 Å². The van der Waals surface area contributed by atoms with Crippen molar-refractivity contribution in [2.45, 2.75) is 81.8 Å². The Morgan fingerprint density at radius 1 is 0.833 bits per heavy atom. The molecule has 9 rings (SSSR count). The number of rotatable bonds is 10. The van der Waals surface area contributed by atoms with E-state index in [0.29, 0.717) is 62.6 Å². The van der Waals surface area contributed by atoms with Crippen LogP contribution in [0.5, 0.6) is 0 Å². The van der Waals surface area contributed by atoms with Crippen LogP contribution in [0.4, 0.5) is 37.6 Å². The number of carbonyl (C=O) groups excluding carboxylic acids is 8. The van der Waals surface area contributed by atoms with Crippen molar-refractivity contribution in [3.8, 4) is 0 Å². The van der Waals surface area contributed by atoms with E-state index in [1.807, 2.05) is 4.90 Å². The molecule has 6 aliphatic rings. The molecule has 1 aliphatic carbocycles. The Morgan fingerprint density at radius 2 is 1.55 bits per heavy atom. The van der Waals surface area contributed by atoms with Gasteiger partial charge in [-0.05, 0) is 62.1 Å². The minimum atomic E-state index is -3.59. The Morgan fingerprint density at radius 3 is 2.26 bits per heavy atom. The fourth-order valence-electron chi connectivity index (χ4n) is 9.80. The molecule has 4 fully saturated rings. The summed E-state index contributed by atoms with van der Waals surface area (Å²) >= 11 is 0. The van der Waals surface area contributed by atoms with E-state index < -0.39 is 48.0 Å². The highest BCUT2D eigenvalue weighted by Crippen LogP contribution is 2.40. The van der Waals surface area contributed by atoms with Gasteiger partial charge in [-0.15, -0.1) is 0 Å². The van der Waals surface area contributed by atoms with Gasteiger partial charge in [-0.3, -0.25) is 48.6 Å². The number of hydrogen-bond donors (Lipinski definition) is 3. The molecule has 0 radical (unpaired) electrons. The molecule has 0 bridgehead atoms. The molecule has 1 unspecified atom stereocenters. The standard InChI is InChI=1S/C45H49F2N11O8/c1-53-33-23-48-44(52-38(33)57(29-5-2-3-6-29)25-45(46,47)43(53)66)50-27-11-9-26(10-12-27)39(62)49-28-17-18-56(24-28)36(61)16-15-35(60)55-21-19-54(20-22-55)31-8-4-7-30-37(31)42(65)58(41(30)64)32-13-14-34(59)51-40(32)63/h4,7-12,23,28-29,32H,2-3,5-6,13-22,24-25H2,1H3,(H,49,62)(H,48,50,52)(H,51,59,63)/t28-,32?/m0/s1. The monoisotopic (exact) mass is 909 g/mol. The highest BCUT2D eigenvalue weighted by atomic mass is 19.3. The van der Waals surface area contributed by atoms with E-state index in [2.05, 4.69) is 25.9 Å². The average Bonchev–Trinajstić information content (AvgIpc) is 4.07. The van der Waals surface area contributed by atoms with Crippen molar-refractivity contribution in [2.24, 2.45) is 0 Å². The molecule has 1 aromatic heterocycles. The summed E-state index contributed by atoms with van der Waals surface area (Å²) < 4.78 is 30.0. The normalized spacial score (nSPS) is 22.1. The van der Waals surface area contributed by atoms with Gasteiger partial charge in [0.15, 0.2) is 5.82 Å². The van der Waals surface area contributed by atoms with E-state index in [9.17, 15) is 47.1 Å². The summed E-state index contributed by atoms with van der Waals surface area (Å²) in [6.45, 7) is 1.35. The SMILES string of the molecule is CN1C(=O)C(F)(F)CN(C2CCCC2)c2nc(Nc3ccc(C(=O)N[C@H]4CCN(C(=O)CCC(=O)N5CCN(c6cccc7c6C(=O)N(C6CCC(=O)NC6=O)C7=O)CC5)C4)cc3)ncc21. The third kappa shape index (κ3) is 8.48. The summed E-state index contributed by atoms with van der Waals surface area (Å²) in [4.78, 5) is 121. The van der Waals surface area contributed by atoms with Gasteiger partial charge < -0.3 is 35.1 Å². The van der Waals surface area contributed by atoms with Crippen molar-refractivity contribution in [1.29, 1.82) is 0 Å². The number of fused-ring (bicyclic) bond motifs is 2. The molecule has 2 aromatic carbocycles. The van der Waals surface area contributed by atoms with E-state index >= 15 is 0 Å². The summed E-state index contributed by atoms with van der Waals surface area (Å²) in [6, 6.07) is 9.96. The number of alkyl halides is 2. The first-order chi connectivity index (χ1) is 31.7. The molecule has 5 aliphatic heterocycles. The predicted octanol–water partition coefficient (Wildman–Crippen LogP) is 2.44. The molecule has 2 atom stereocenters.